The Morgan fingerprint density at radius 2 is 1.79 bits per heavy atom. The van der Waals surface area contributed by atoms with Crippen LogP contribution in [-0.4, -0.2) is 79.6 Å². The fraction of sp³-hybridized carbons (Fsp3) is 0.565. The number of ether oxygens (including phenoxy) is 1. The zero-order chi connectivity index (χ0) is 23.0. The number of piperidine rings is 1. The molecule has 0 atom stereocenters. The summed E-state index contributed by atoms with van der Waals surface area (Å²) in [5.74, 6) is 1.57. The lowest BCUT2D eigenvalue weighted by atomic mass is 9.83. The van der Waals surface area contributed by atoms with Crippen LogP contribution in [0.1, 0.15) is 32.4 Å². The van der Waals surface area contributed by atoms with Gasteiger partial charge in [-0.3, -0.25) is 4.90 Å². The van der Waals surface area contributed by atoms with Crippen LogP contribution in [0.3, 0.4) is 0 Å². The van der Waals surface area contributed by atoms with E-state index >= 15 is 0 Å². The van der Waals surface area contributed by atoms with E-state index in [0.29, 0.717) is 19.1 Å². The van der Waals surface area contributed by atoms with Gasteiger partial charge >= 0.3 is 0 Å². The molecule has 33 heavy (non-hydrogen) atoms. The molecule has 0 amide bonds. The summed E-state index contributed by atoms with van der Waals surface area (Å²) < 4.78 is 7.49. The highest BCUT2D eigenvalue weighted by Gasteiger charge is 2.30. The van der Waals surface area contributed by atoms with E-state index in [1.54, 1.807) is 12.4 Å². The highest BCUT2D eigenvalue weighted by Crippen LogP contribution is 2.29. The molecular formula is C23H32N8O2. The van der Waals surface area contributed by atoms with Crippen LogP contribution in [0, 0.1) is 5.92 Å². The van der Waals surface area contributed by atoms with E-state index in [0.717, 1.165) is 74.0 Å². The fourth-order valence-corrected chi connectivity index (χ4v) is 4.75. The molecule has 3 N–H and O–H groups in total. The summed E-state index contributed by atoms with van der Waals surface area (Å²) in [7, 11) is 0. The quantitative estimate of drug-likeness (QED) is 0.595. The van der Waals surface area contributed by atoms with Gasteiger partial charge in [0.25, 0.3) is 0 Å². The van der Waals surface area contributed by atoms with Crippen molar-refractivity contribution in [2.45, 2.75) is 38.8 Å². The normalized spacial score (nSPS) is 18.8. The summed E-state index contributed by atoms with van der Waals surface area (Å²) >= 11 is 0. The number of hydrogen-bond donors (Lipinski definition) is 2. The summed E-state index contributed by atoms with van der Waals surface area (Å²) in [6.45, 7) is 9.50. The largest absolute Gasteiger partial charge is 0.390 e. The van der Waals surface area contributed by atoms with Crippen molar-refractivity contribution in [2.75, 3.05) is 50.0 Å². The van der Waals surface area contributed by atoms with Gasteiger partial charge in [0.2, 0.25) is 5.95 Å². The summed E-state index contributed by atoms with van der Waals surface area (Å²) in [5, 5.41) is 15.3. The van der Waals surface area contributed by atoms with Gasteiger partial charge in [0.15, 0.2) is 5.65 Å². The Kier molecular flexibility index (Phi) is 5.90. The van der Waals surface area contributed by atoms with E-state index in [1.165, 1.54) is 0 Å². The van der Waals surface area contributed by atoms with Gasteiger partial charge in [-0.25, -0.2) is 15.0 Å². The third kappa shape index (κ3) is 4.78. The molecule has 10 heteroatoms. The molecule has 0 unspecified atom stereocenters. The van der Waals surface area contributed by atoms with E-state index in [1.807, 2.05) is 24.4 Å². The van der Waals surface area contributed by atoms with Gasteiger partial charge in [0, 0.05) is 49.7 Å². The molecule has 0 radical (unpaired) electrons. The molecule has 176 valence electrons. The van der Waals surface area contributed by atoms with Crippen LogP contribution in [0.4, 0.5) is 11.8 Å². The second kappa shape index (κ2) is 8.85. The van der Waals surface area contributed by atoms with Crippen LogP contribution in [0.5, 0.6) is 0 Å². The van der Waals surface area contributed by atoms with Crippen molar-refractivity contribution in [3.05, 3.63) is 30.2 Å². The highest BCUT2D eigenvalue weighted by atomic mass is 16.5. The Bertz CT molecular complexity index is 1090. The van der Waals surface area contributed by atoms with Crippen LogP contribution < -0.4 is 10.6 Å². The third-order valence-corrected chi connectivity index (χ3v) is 6.73. The van der Waals surface area contributed by atoms with Crippen LogP contribution in [-0.2, 0) is 11.3 Å². The lowest BCUT2D eigenvalue weighted by Gasteiger charge is -2.37. The summed E-state index contributed by atoms with van der Waals surface area (Å²) in [6.07, 6.45) is 5.40. The highest BCUT2D eigenvalue weighted by molar-refractivity contribution is 5.66. The minimum atomic E-state index is -0.617. The maximum atomic E-state index is 10.3. The second-order valence-electron chi connectivity index (χ2n) is 9.54. The van der Waals surface area contributed by atoms with Crippen molar-refractivity contribution in [3.63, 3.8) is 0 Å². The topological polar surface area (TPSA) is 118 Å². The number of aliphatic hydroxyl groups is 1. The molecule has 0 aromatic carbocycles. The van der Waals surface area contributed by atoms with Crippen LogP contribution >= 0.6 is 0 Å². The van der Waals surface area contributed by atoms with Crippen molar-refractivity contribution in [3.8, 4) is 11.3 Å². The van der Waals surface area contributed by atoms with E-state index in [2.05, 4.69) is 25.8 Å². The standard InChI is InChI=1S/C23H32N8O2/c1-23(2,32)17-3-5-29(6-4-17)15-18-11-20-27-19(16-13-25-22(24)26-14-16)12-21(31(20)28-18)30-7-9-33-10-8-30/h11-14,17,32H,3-10,15H2,1-2H3,(H2,24,25,26). The van der Waals surface area contributed by atoms with Crippen molar-refractivity contribution < 1.29 is 9.84 Å². The fourth-order valence-electron chi connectivity index (χ4n) is 4.75. The van der Waals surface area contributed by atoms with E-state index in [9.17, 15) is 5.11 Å². The molecule has 0 saturated carbocycles. The number of likely N-dealkylation sites (tertiary alicyclic amines) is 1. The van der Waals surface area contributed by atoms with Crippen molar-refractivity contribution >= 4 is 17.4 Å². The lowest BCUT2D eigenvalue weighted by molar-refractivity contribution is -0.0137. The summed E-state index contributed by atoms with van der Waals surface area (Å²) in [4.78, 5) is 17.8. The number of nitrogens with zero attached hydrogens (tertiary/aromatic N) is 7. The summed E-state index contributed by atoms with van der Waals surface area (Å²) in [6, 6.07) is 4.10. The number of rotatable bonds is 5. The first-order valence-corrected chi connectivity index (χ1v) is 11.6. The van der Waals surface area contributed by atoms with E-state index in [-0.39, 0.29) is 5.95 Å². The number of fused-ring (bicyclic) bond motifs is 1. The number of nitrogens with two attached hydrogens (primary N) is 1. The molecule has 0 spiro atoms. The first-order chi connectivity index (χ1) is 15.9. The molecule has 5 rings (SSSR count). The molecule has 2 fully saturated rings. The van der Waals surface area contributed by atoms with Gasteiger partial charge in [0.1, 0.15) is 5.82 Å². The average molecular weight is 453 g/mol. The van der Waals surface area contributed by atoms with Gasteiger partial charge in [0.05, 0.1) is 30.2 Å². The van der Waals surface area contributed by atoms with Crippen molar-refractivity contribution in [1.82, 2.24) is 29.5 Å². The number of anilines is 2. The Labute approximate surface area is 193 Å². The number of hydrogen-bond acceptors (Lipinski definition) is 9. The number of morpholine rings is 1. The lowest BCUT2D eigenvalue weighted by Crippen LogP contribution is -2.41. The SMILES string of the molecule is CC(C)(O)C1CCN(Cc2cc3nc(-c4cnc(N)nc4)cc(N4CCOCC4)n3n2)CC1. The monoisotopic (exact) mass is 452 g/mol. The van der Waals surface area contributed by atoms with Gasteiger partial charge in [-0.2, -0.15) is 9.61 Å². The Morgan fingerprint density at radius 1 is 1.09 bits per heavy atom. The molecule has 3 aromatic heterocycles. The molecule has 2 aliphatic rings. The Balaban J connectivity index is 1.44. The second-order valence-corrected chi connectivity index (χ2v) is 9.54. The predicted molar refractivity (Wildman–Crippen MR) is 126 cm³/mol. The van der Waals surface area contributed by atoms with Crippen LogP contribution in [0.2, 0.25) is 0 Å². The maximum Gasteiger partial charge on any atom is 0.219 e. The maximum absolute atomic E-state index is 10.3. The predicted octanol–water partition coefficient (Wildman–Crippen LogP) is 1.59. The summed E-state index contributed by atoms with van der Waals surface area (Å²) in [5.41, 5.74) is 8.45. The van der Waals surface area contributed by atoms with Gasteiger partial charge in [-0.1, -0.05) is 0 Å². The molecule has 2 aliphatic heterocycles. The first-order valence-electron chi connectivity index (χ1n) is 11.6. The van der Waals surface area contributed by atoms with Gasteiger partial charge < -0.3 is 20.5 Å². The minimum Gasteiger partial charge on any atom is -0.390 e. The zero-order valence-electron chi connectivity index (χ0n) is 19.3. The Morgan fingerprint density at radius 3 is 2.45 bits per heavy atom. The van der Waals surface area contributed by atoms with E-state index < -0.39 is 5.60 Å². The first kappa shape index (κ1) is 22.0. The molecule has 2 saturated heterocycles. The zero-order valence-corrected chi connectivity index (χ0v) is 19.3. The molecule has 0 bridgehead atoms. The van der Waals surface area contributed by atoms with Crippen LogP contribution in [0.25, 0.3) is 16.9 Å². The van der Waals surface area contributed by atoms with Crippen LogP contribution in [0.15, 0.2) is 24.5 Å². The number of aromatic nitrogens is 5. The molecular weight excluding hydrogens is 420 g/mol. The molecule has 5 heterocycles. The smallest absolute Gasteiger partial charge is 0.219 e. The van der Waals surface area contributed by atoms with Gasteiger partial charge in [-0.05, 0) is 45.7 Å². The minimum absolute atomic E-state index is 0.244. The van der Waals surface area contributed by atoms with Crippen molar-refractivity contribution in [2.24, 2.45) is 5.92 Å². The molecule has 3 aromatic rings. The van der Waals surface area contributed by atoms with E-state index in [4.69, 9.17) is 20.6 Å². The molecule has 10 nitrogen and oxygen atoms in total. The Hall–Kier alpha value is -2.82. The molecule has 0 aliphatic carbocycles. The van der Waals surface area contributed by atoms with Gasteiger partial charge in [-0.15, -0.1) is 0 Å². The number of nitrogen functional groups attached to an aromatic ring is 1. The van der Waals surface area contributed by atoms with Crippen molar-refractivity contribution in [1.29, 1.82) is 0 Å². The third-order valence-electron chi connectivity index (χ3n) is 6.73. The average Bonchev–Trinajstić information content (AvgIpc) is 3.21.